The number of Topliss-reactive ketones (excluding diaryl/α,β-unsaturated/α-hetero) is 2. The van der Waals surface area contributed by atoms with Crippen LogP contribution in [0, 0.1) is 13.1 Å². The number of rotatable bonds is 2. The lowest BCUT2D eigenvalue weighted by molar-refractivity contribution is -0.115. The summed E-state index contributed by atoms with van der Waals surface area (Å²) in [5.74, 6) is -0.319. The van der Waals surface area contributed by atoms with Crippen molar-refractivity contribution in [2.75, 3.05) is 6.54 Å². The summed E-state index contributed by atoms with van der Waals surface area (Å²) in [5.41, 5.74) is 0.000000000000000222. The Labute approximate surface area is 89.0 Å². The summed E-state index contributed by atoms with van der Waals surface area (Å²) in [6, 6.07) is 0. The second-order valence-electron chi connectivity index (χ2n) is 2.13. The van der Waals surface area contributed by atoms with Crippen LogP contribution in [0.25, 0.3) is 9.69 Å². The highest BCUT2D eigenvalue weighted by Crippen LogP contribution is 1.89. The first kappa shape index (κ1) is 18.5. The fraction of sp³-hybridized carbons (Fsp3) is 0.300. The van der Waals surface area contributed by atoms with Crippen LogP contribution >= 0.6 is 0 Å². The van der Waals surface area contributed by atoms with E-state index in [1.807, 2.05) is 6.79 Å². The molecule has 5 heteroatoms. The quantitative estimate of drug-likeness (QED) is 0.508. The molecular formula is C10H12N2O3. The molecule has 0 unspecified atom stereocenters. The minimum absolute atomic E-state index is 0.000000000000000222. The van der Waals surface area contributed by atoms with Crippen LogP contribution in [0.5, 0.6) is 0 Å². The molecule has 0 aliphatic rings. The van der Waals surface area contributed by atoms with Gasteiger partial charge in [-0.3, -0.25) is 4.79 Å². The van der Waals surface area contributed by atoms with Crippen molar-refractivity contribution in [2.24, 2.45) is 0 Å². The molecule has 0 aliphatic carbocycles. The zero-order chi connectivity index (χ0) is 12.9. The van der Waals surface area contributed by atoms with E-state index in [0.29, 0.717) is 0 Å². The van der Waals surface area contributed by atoms with Gasteiger partial charge in [0.05, 0.1) is 6.57 Å². The number of carbonyl (C=O) groups excluding carboxylic acids is 3. The van der Waals surface area contributed by atoms with E-state index in [1.165, 1.54) is 13.8 Å². The molecule has 5 nitrogen and oxygen atoms in total. The molecule has 0 bridgehead atoms. The van der Waals surface area contributed by atoms with Crippen molar-refractivity contribution in [1.82, 2.24) is 0 Å². The lowest BCUT2D eigenvalue weighted by Crippen LogP contribution is -1.89. The summed E-state index contributed by atoms with van der Waals surface area (Å²) >= 11 is 0. The summed E-state index contributed by atoms with van der Waals surface area (Å²) in [6.45, 7) is 20.3. The largest absolute Gasteiger partial charge is 0.309 e. The molecule has 0 spiro atoms. The Morgan fingerprint density at radius 2 is 1.60 bits per heavy atom. The Kier molecular flexibility index (Phi) is 17.6. The van der Waals surface area contributed by atoms with Crippen LogP contribution in [0.2, 0.25) is 0 Å². The highest BCUT2D eigenvalue weighted by Gasteiger charge is 1.94. The van der Waals surface area contributed by atoms with Gasteiger partial charge in [-0.1, -0.05) is 6.58 Å². The molecule has 0 saturated carbocycles. The standard InChI is InChI=1S/C5H5NO.C4H5NO.CH2O/c1-4(6-3)5(2)7;1-4(6)3-5-2;1-2/h1H2,2H3;3H2,1H3;1H2. The van der Waals surface area contributed by atoms with Crippen molar-refractivity contribution >= 4 is 18.4 Å². The van der Waals surface area contributed by atoms with Crippen molar-refractivity contribution in [3.05, 3.63) is 35.1 Å². The van der Waals surface area contributed by atoms with Crippen LogP contribution in [-0.2, 0) is 14.4 Å². The van der Waals surface area contributed by atoms with Gasteiger partial charge in [-0.15, -0.1) is 0 Å². The number of nitrogens with zero attached hydrogens (tertiary/aromatic N) is 2. The van der Waals surface area contributed by atoms with Crippen molar-refractivity contribution in [3.63, 3.8) is 0 Å². The van der Waals surface area contributed by atoms with Gasteiger partial charge in [0.25, 0.3) is 6.54 Å². The second kappa shape index (κ2) is 14.3. The highest BCUT2D eigenvalue weighted by molar-refractivity contribution is 5.94. The van der Waals surface area contributed by atoms with Crippen LogP contribution in [0.3, 0.4) is 0 Å². The lowest BCUT2D eigenvalue weighted by Gasteiger charge is -1.78. The Hall–Kier alpha value is -2.27. The third-order valence-electron chi connectivity index (χ3n) is 0.843. The van der Waals surface area contributed by atoms with Gasteiger partial charge in [-0.2, -0.15) is 0 Å². The summed E-state index contributed by atoms with van der Waals surface area (Å²) in [7, 11) is 0. The molecule has 0 fully saturated rings. The number of hydrogen-bond acceptors (Lipinski definition) is 3. The zero-order valence-electron chi connectivity index (χ0n) is 8.74. The summed E-state index contributed by atoms with van der Waals surface area (Å²) < 4.78 is 0. The molecule has 0 rings (SSSR count). The first-order valence-corrected chi connectivity index (χ1v) is 3.64. The number of hydrogen-bond donors (Lipinski definition) is 0. The third-order valence-corrected chi connectivity index (χ3v) is 0.843. The molecule has 0 saturated heterocycles. The normalized spacial score (nSPS) is 6.13. The molecule has 80 valence electrons. The molecule has 0 heterocycles. The molecule has 15 heavy (non-hydrogen) atoms. The maximum absolute atomic E-state index is 10.1. The first-order chi connectivity index (χ1) is 6.95. The van der Waals surface area contributed by atoms with E-state index in [0.717, 1.165) is 0 Å². The fourth-order valence-corrected chi connectivity index (χ4v) is 0.190. The van der Waals surface area contributed by atoms with Gasteiger partial charge in [-0.25, -0.2) is 11.4 Å². The van der Waals surface area contributed by atoms with Crippen LogP contribution in [0.4, 0.5) is 0 Å². The molecule has 0 aromatic heterocycles. The molecule has 0 amide bonds. The van der Waals surface area contributed by atoms with E-state index in [4.69, 9.17) is 17.9 Å². The van der Waals surface area contributed by atoms with Crippen LogP contribution in [-0.4, -0.2) is 24.9 Å². The molecule has 0 radical (unpaired) electrons. The van der Waals surface area contributed by atoms with Gasteiger partial charge in [0.15, 0.2) is 5.78 Å². The zero-order valence-corrected chi connectivity index (χ0v) is 8.74. The average molecular weight is 208 g/mol. The smallest absolute Gasteiger partial charge is 0.271 e. The van der Waals surface area contributed by atoms with E-state index < -0.39 is 0 Å². The van der Waals surface area contributed by atoms with Crippen molar-refractivity contribution in [1.29, 1.82) is 0 Å². The minimum Gasteiger partial charge on any atom is -0.309 e. The minimum atomic E-state index is -0.255. The molecule has 0 aromatic rings. The van der Waals surface area contributed by atoms with Crippen LogP contribution < -0.4 is 0 Å². The van der Waals surface area contributed by atoms with Gasteiger partial charge >= 0.3 is 0 Å². The highest BCUT2D eigenvalue weighted by atomic mass is 16.1. The fourth-order valence-electron chi connectivity index (χ4n) is 0.190. The van der Waals surface area contributed by atoms with E-state index in [-0.39, 0.29) is 23.8 Å². The number of carbonyl (C=O) groups is 3. The Morgan fingerprint density at radius 3 is 1.60 bits per heavy atom. The van der Waals surface area contributed by atoms with E-state index in [2.05, 4.69) is 16.3 Å². The van der Waals surface area contributed by atoms with Gasteiger partial charge in [-0.05, 0) is 6.92 Å². The molecule has 0 aliphatic heterocycles. The van der Waals surface area contributed by atoms with Crippen molar-refractivity contribution in [2.45, 2.75) is 13.8 Å². The van der Waals surface area contributed by atoms with Crippen LogP contribution in [0.15, 0.2) is 12.3 Å². The Bertz CT molecular complexity index is 308. The molecule has 0 atom stereocenters. The first-order valence-electron chi connectivity index (χ1n) is 3.64. The molecule has 0 N–H and O–H groups in total. The van der Waals surface area contributed by atoms with E-state index in [1.54, 1.807) is 0 Å². The monoisotopic (exact) mass is 208 g/mol. The SMILES string of the molecule is C=O.[C-]#[N+]C(=C)C(C)=O.[C-]#[N+]CC(C)=O. The molecular weight excluding hydrogens is 196 g/mol. The van der Waals surface area contributed by atoms with Crippen molar-refractivity contribution < 1.29 is 14.4 Å². The second-order valence-corrected chi connectivity index (χ2v) is 2.13. The lowest BCUT2D eigenvalue weighted by atomic mass is 10.4. The predicted molar refractivity (Wildman–Crippen MR) is 55.7 cm³/mol. The summed E-state index contributed by atoms with van der Waals surface area (Å²) in [5, 5.41) is 0. The van der Waals surface area contributed by atoms with Gasteiger partial charge in [0.1, 0.15) is 6.79 Å². The van der Waals surface area contributed by atoms with Crippen molar-refractivity contribution in [3.8, 4) is 0 Å². The maximum Gasteiger partial charge on any atom is 0.271 e. The average Bonchev–Trinajstić information content (AvgIpc) is 2.20. The van der Waals surface area contributed by atoms with Gasteiger partial charge in [0.2, 0.25) is 11.5 Å². The Balaban J connectivity index is -0.000000166. The number of ketones is 2. The maximum atomic E-state index is 10.1. The summed E-state index contributed by atoms with van der Waals surface area (Å²) in [4.78, 5) is 33.5. The Morgan fingerprint density at radius 1 is 1.20 bits per heavy atom. The molecule has 0 aromatic carbocycles. The van der Waals surface area contributed by atoms with Crippen LogP contribution in [0.1, 0.15) is 13.8 Å². The van der Waals surface area contributed by atoms with Gasteiger partial charge < -0.3 is 14.4 Å². The van der Waals surface area contributed by atoms with E-state index >= 15 is 0 Å². The van der Waals surface area contributed by atoms with E-state index in [9.17, 15) is 9.59 Å². The van der Waals surface area contributed by atoms with Gasteiger partial charge in [0, 0.05) is 6.92 Å². The number of allylic oxidation sites excluding steroid dienone is 1. The predicted octanol–water partition coefficient (Wildman–Crippen LogP) is 1.32. The topological polar surface area (TPSA) is 59.9 Å². The third kappa shape index (κ3) is 24.5. The summed E-state index contributed by atoms with van der Waals surface area (Å²) in [6.07, 6.45) is 0.